The third kappa shape index (κ3) is 2.95. The fraction of sp³-hybridized carbons (Fsp3) is 0.0714. The SMILES string of the molecule is Cc1ccc(-c2ccc(C#N)cc2)cc1S(=O)(=O)Cl. The van der Waals surface area contributed by atoms with Crippen LogP contribution < -0.4 is 0 Å². The first kappa shape index (κ1) is 13.6. The molecule has 0 radical (unpaired) electrons. The Morgan fingerprint density at radius 1 is 1.05 bits per heavy atom. The molecule has 0 aliphatic heterocycles. The number of benzene rings is 2. The third-order valence-electron chi connectivity index (χ3n) is 2.80. The molecule has 0 unspecified atom stereocenters. The van der Waals surface area contributed by atoms with Gasteiger partial charge >= 0.3 is 0 Å². The minimum absolute atomic E-state index is 0.107. The molecule has 0 bridgehead atoms. The Labute approximate surface area is 116 Å². The molecule has 0 heterocycles. The van der Waals surface area contributed by atoms with Crippen molar-refractivity contribution >= 4 is 19.7 Å². The van der Waals surface area contributed by atoms with Gasteiger partial charge in [0.15, 0.2) is 0 Å². The van der Waals surface area contributed by atoms with Crippen LogP contribution in [0, 0.1) is 18.3 Å². The Morgan fingerprint density at radius 2 is 1.63 bits per heavy atom. The molecule has 0 saturated heterocycles. The van der Waals surface area contributed by atoms with E-state index in [9.17, 15) is 8.42 Å². The summed E-state index contributed by atoms with van der Waals surface area (Å²) in [4.78, 5) is 0.107. The highest BCUT2D eigenvalue weighted by molar-refractivity contribution is 8.13. The zero-order chi connectivity index (χ0) is 14.0. The van der Waals surface area contributed by atoms with Gasteiger partial charge in [0.25, 0.3) is 9.05 Å². The predicted octanol–water partition coefficient (Wildman–Crippen LogP) is 3.46. The molecule has 0 aromatic heterocycles. The van der Waals surface area contributed by atoms with Crippen LogP contribution in [0.4, 0.5) is 0 Å². The molecule has 0 atom stereocenters. The fourth-order valence-corrected chi connectivity index (χ4v) is 3.00. The molecule has 2 rings (SSSR count). The Morgan fingerprint density at radius 3 is 2.16 bits per heavy atom. The largest absolute Gasteiger partial charge is 0.261 e. The van der Waals surface area contributed by atoms with Crippen LogP contribution in [0.2, 0.25) is 0 Å². The first-order chi connectivity index (χ1) is 8.91. The van der Waals surface area contributed by atoms with Crippen molar-refractivity contribution in [2.24, 2.45) is 0 Å². The van der Waals surface area contributed by atoms with Crippen LogP contribution in [0.5, 0.6) is 0 Å². The average Bonchev–Trinajstić information content (AvgIpc) is 2.38. The number of hydrogen-bond acceptors (Lipinski definition) is 3. The Bertz CT molecular complexity index is 759. The van der Waals surface area contributed by atoms with E-state index in [1.54, 1.807) is 43.3 Å². The molecular formula is C14H10ClNO2S. The van der Waals surface area contributed by atoms with Gasteiger partial charge < -0.3 is 0 Å². The smallest absolute Gasteiger partial charge is 0.207 e. The first-order valence-electron chi connectivity index (χ1n) is 5.47. The van der Waals surface area contributed by atoms with E-state index in [0.717, 1.165) is 11.1 Å². The number of nitriles is 1. The van der Waals surface area contributed by atoms with Crippen LogP contribution in [-0.2, 0) is 9.05 Å². The van der Waals surface area contributed by atoms with E-state index in [-0.39, 0.29) is 4.90 Å². The monoisotopic (exact) mass is 291 g/mol. The zero-order valence-electron chi connectivity index (χ0n) is 10.1. The van der Waals surface area contributed by atoms with Gasteiger partial charge in [0.2, 0.25) is 0 Å². The lowest BCUT2D eigenvalue weighted by Crippen LogP contribution is -1.95. The Hall–Kier alpha value is -1.83. The molecule has 0 aliphatic carbocycles. The van der Waals surface area contributed by atoms with Crippen molar-refractivity contribution in [1.82, 2.24) is 0 Å². The first-order valence-corrected chi connectivity index (χ1v) is 7.78. The number of halogens is 1. The van der Waals surface area contributed by atoms with E-state index in [1.165, 1.54) is 0 Å². The maximum Gasteiger partial charge on any atom is 0.261 e. The Kier molecular flexibility index (Phi) is 3.61. The van der Waals surface area contributed by atoms with E-state index in [0.29, 0.717) is 11.1 Å². The summed E-state index contributed by atoms with van der Waals surface area (Å²) >= 11 is 0. The fourth-order valence-electron chi connectivity index (χ4n) is 1.78. The molecule has 3 nitrogen and oxygen atoms in total. The quantitative estimate of drug-likeness (QED) is 0.796. The van der Waals surface area contributed by atoms with Gasteiger partial charge in [-0.2, -0.15) is 5.26 Å². The molecule has 19 heavy (non-hydrogen) atoms. The zero-order valence-corrected chi connectivity index (χ0v) is 11.7. The van der Waals surface area contributed by atoms with Crippen molar-refractivity contribution < 1.29 is 8.42 Å². The highest BCUT2D eigenvalue weighted by Crippen LogP contribution is 2.27. The summed E-state index contributed by atoms with van der Waals surface area (Å²) in [5.41, 5.74) is 2.74. The van der Waals surface area contributed by atoms with Crippen molar-refractivity contribution in [1.29, 1.82) is 5.26 Å². The summed E-state index contributed by atoms with van der Waals surface area (Å²) in [7, 11) is 1.64. The van der Waals surface area contributed by atoms with Gasteiger partial charge in [0.05, 0.1) is 16.5 Å². The Balaban J connectivity index is 2.55. The maximum absolute atomic E-state index is 11.5. The molecular weight excluding hydrogens is 282 g/mol. The van der Waals surface area contributed by atoms with Crippen LogP contribution in [0.1, 0.15) is 11.1 Å². The van der Waals surface area contributed by atoms with Crippen LogP contribution in [0.25, 0.3) is 11.1 Å². The summed E-state index contributed by atoms with van der Waals surface area (Å²) < 4.78 is 22.9. The highest BCUT2D eigenvalue weighted by atomic mass is 35.7. The lowest BCUT2D eigenvalue weighted by atomic mass is 10.0. The van der Waals surface area contributed by atoms with E-state index < -0.39 is 9.05 Å². The summed E-state index contributed by atoms with van der Waals surface area (Å²) in [5, 5.41) is 8.74. The third-order valence-corrected chi connectivity index (χ3v) is 4.26. The van der Waals surface area contributed by atoms with Gasteiger partial charge in [0, 0.05) is 10.7 Å². The molecule has 0 saturated carbocycles. The number of aryl methyl sites for hydroxylation is 1. The van der Waals surface area contributed by atoms with Gasteiger partial charge in [0.1, 0.15) is 0 Å². The van der Waals surface area contributed by atoms with Gasteiger partial charge in [-0.25, -0.2) is 8.42 Å². The van der Waals surface area contributed by atoms with Gasteiger partial charge in [-0.3, -0.25) is 0 Å². The molecule has 5 heteroatoms. The molecule has 96 valence electrons. The van der Waals surface area contributed by atoms with Gasteiger partial charge in [-0.05, 0) is 41.8 Å². The van der Waals surface area contributed by atoms with Gasteiger partial charge in [-0.1, -0.05) is 24.3 Å². The minimum atomic E-state index is -3.76. The summed E-state index contributed by atoms with van der Waals surface area (Å²) in [6, 6.07) is 14.0. The van der Waals surface area contributed by atoms with Crippen molar-refractivity contribution in [3.05, 3.63) is 53.6 Å². The standard InChI is InChI=1S/C14H10ClNO2S/c1-10-2-5-13(8-14(10)19(15,17)18)12-6-3-11(9-16)4-7-12/h2-8H,1H3. The van der Waals surface area contributed by atoms with Crippen LogP contribution in [0.15, 0.2) is 47.4 Å². The van der Waals surface area contributed by atoms with Crippen molar-refractivity contribution in [2.75, 3.05) is 0 Å². The van der Waals surface area contributed by atoms with E-state index >= 15 is 0 Å². The van der Waals surface area contributed by atoms with Crippen molar-refractivity contribution in [3.63, 3.8) is 0 Å². The summed E-state index contributed by atoms with van der Waals surface area (Å²) in [6.07, 6.45) is 0. The molecule has 0 amide bonds. The van der Waals surface area contributed by atoms with E-state index in [1.807, 2.05) is 12.1 Å². The topological polar surface area (TPSA) is 57.9 Å². The second kappa shape index (κ2) is 5.04. The molecule has 2 aromatic rings. The van der Waals surface area contributed by atoms with Crippen LogP contribution in [-0.4, -0.2) is 8.42 Å². The number of rotatable bonds is 2. The second-order valence-corrected chi connectivity index (χ2v) is 6.64. The average molecular weight is 292 g/mol. The van der Waals surface area contributed by atoms with E-state index in [4.69, 9.17) is 15.9 Å². The summed E-state index contributed by atoms with van der Waals surface area (Å²) in [5.74, 6) is 0. The van der Waals surface area contributed by atoms with Crippen molar-refractivity contribution in [3.8, 4) is 17.2 Å². The van der Waals surface area contributed by atoms with E-state index in [2.05, 4.69) is 0 Å². The molecule has 0 N–H and O–H groups in total. The molecule has 0 fully saturated rings. The highest BCUT2D eigenvalue weighted by Gasteiger charge is 2.14. The summed E-state index contributed by atoms with van der Waals surface area (Å²) in [6.45, 7) is 1.69. The maximum atomic E-state index is 11.5. The van der Waals surface area contributed by atoms with Crippen LogP contribution >= 0.6 is 10.7 Å². The second-order valence-electron chi connectivity index (χ2n) is 4.11. The lowest BCUT2D eigenvalue weighted by Gasteiger charge is -2.06. The molecule has 0 aliphatic rings. The number of hydrogen-bond donors (Lipinski definition) is 0. The normalized spacial score (nSPS) is 11.0. The predicted molar refractivity (Wildman–Crippen MR) is 74.4 cm³/mol. The van der Waals surface area contributed by atoms with Crippen LogP contribution in [0.3, 0.4) is 0 Å². The number of nitrogens with zero attached hydrogens (tertiary/aromatic N) is 1. The van der Waals surface area contributed by atoms with Crippen molar-refractivity contribution in [2.45, 2.75) is 11.8 Å². The lowest BCUT2D eigenvalue weighted by molar-refractivity contribution is 0.609. The minimum Gasteiger partial charge on any atom is -0.207 e. The molecule has 0 spiro atoms. The van der Waals surface area contributed by atoms with Gasteiger partial charge in [-0.15, -0.1) is 0 Å². The molecule has 2 aromatic carbocycles.